The molecule has 1 heterocycles. The van der Waals surface area contributed by atoms with Crippen LogP contribution >= 0.6 is 11.8 Å². The van der Waals surface area contributed by atoms with Gasteiger partial charge in [-0.15, -0.1) is 0 Å². The number of aromatic amines is 1. The highest BCUT2D eigenvalue weighted by Gasteiger charge is 2.32. The highest BCUT2D eigenvalue weighted by Crippen LogP contribution is 2.08. The van der Waals surface area contributed by atoms with Crippen molar-refractivity contribution in [3.8, 4) is 0 Å². The van der Waals surface area contributed by atoms with Gasteiger partial charge in [-0.25, -0.2) is 9.78 Å². The number of nitrogens with one attached hydrogen (secondary N) is 4. The van der Waals surface area contributed by atoms with E-state index in [1.165, 1.54) is 31.2 Å². The zero-order chi connectivity index (χ0) is 25.8. The van der Waals surface area contributed by atoms with E-state index in [2.05, 4.69) is 25.9 Å². The molecule has 0 aliphatic heterocycles. The topological polar surface area (TPSA) is 200 Å². The van der Waals surface area contributed by atoms with Crippen LogP contribution in [0.15, 0.2) is 12.5 Å². The summed E-state index contributed by atoms with van der Waals surface area (Å²) in [7, 11) is 0. The zero-order valence-corrected chi connectivity index (χ0v) is 20.7. The third kappa shape index (κ3) is 10.1. The summed E-state index contributed by atoms with van der Waals surface area (Å²) in [5.74, 6) is -2.72. The molecule has 0 spiro atoms. The number of carbonyl (C=O) groups excluding carboxylic acids is 3. The lowest BCUT2D eigenvalue weighted by Crippen LogP contribution is -2.60. The molecule has 34 heavy (non-hydrogen) atoms. The molecule has 3 amide bonds. The monoisotopic (exact) mass is 500 g/mol. The molecule has 0 aliphatic carbocycles. The Morgan fingerprint density at radius 1 is 1.09 bits per heavy atom. The van der Waals surface area contributed by atoms with E-state index in [1.807, 2.05) is 20.1 Å². The van der Waals surface area contributed by atoms with E-state index in [9.17, 15) is 29.4 Å². The quantitative estimate of drug-likeness (QED) is 0.158. The number of carboxylic acid groups (broad SMARTS) is 1. The Kier molecular flexibility index (Phi) is 12.6. The summed E-state index contributed by atoms with van der Waals surface area (Å²) in [5, 5.41) is 26.9. The van der Waals surface area contributed by atoms with Crippen LogP contribution in [0.5, 0.6) is 0 Å². The van der Waals surface area contributed by atoms with Gasteiger partial charge >= 0.3 is 5.97 Å². The Hall–Kier alpha value is -2.64. The number of aliphatic hydroxyl groups is 1. The van der Waals surface area contributed by atoms with Crippen LogP contribution < -0.4 is 21.7 Å². The standard InChI is InChI=1S/C21H36N6O6S/c1-11(2)7-16(21(32)33)26-19(30)15(5-6-34-4)25-20(31)17(12(3)28)27-18(29)14(22)8-13-9-23-10-24-13/h9-12,14-17,28H,5-8,22H2,1-4H3,(H,23,24)(H,25,31)(H,26,30)(H,27,29)(H,32,33). The van der Waals surface area contributed by atoms with Crippen LogP contribution in [0, 0.1) is 5.92 Å². The van der Waals surface area contributed by atoms with Gasteiger partial charge in [0.2, 0.25) is 17.7 Å². The van der Waals surface area contributed by atoms with E-state index >= 15 is 0 Å². The Morgan fingerprint density at radius 3 is 2.24 bits per heavy atom. The van der Waals surface area contributed by atoms with Crippen LogP contribution in [-0.2, 0) is 25.6 Å². The maximum Gasteiger partial charge on any atom is 0.326 e. The van der Waals surface area contributed by atoms with Crippen LogP contribution in [0.25, 0.3) is 0 Å². The fraction of sp³-hybridized carbons (Fsp3) is 0.667. The number of H-pyrrole nitrogens is 1. The number of amides is 3. The molecule has 1 rings (SSSR count). The van der Waals surface area contributed by atoms with Gasteiger partial charge in [0.25, 0.3) is 0 Å². The third-order valence-electron chi connectivity index (χ3n) is 4.96. The van der Waals surface area contributed by atoms with Gasteiger partial charge in [-0.05, 0) is 37.7 Å². The van der Waals surface area contributed by atoms with Crippen LogP contribution in [0.1, 0.15) is 39.3 Å². The SMILES string of the molecule is CSCCC(NC(=O)C(NC(=O)C(N)Cc1cnc[nH]1)C(C)O)C(=O)NC(CC(C)C)C(=O)O. The van der Waals surface area contributed by atoms with Crippen LogP contribution in [0.2, 0.25) is 0 Å². The molecular weight excluding hydrogens is 464 g/mol. The number of imidazole rings is 1. The van der Waals surface area contributed by atoms with E-state index in [1.54, 1.807) is 0 Å². The molecule has 0 radical (unpaired) electrons. The summed E-state index contributed by atoms with van der Waals surface area (Å²) in [6, 6.07) is -4.52. The minimum atomic E-state index is -1.36. The average molecular weight is 501 g/mol. The van der Waals surface area contributed by atoms with Crippen molar-refractivity contribution in [2.45, 2.75) is 70.3 Å². The Balaban J connectivity index is 2.88. The molecule has 0 aromatic carbocycles. The van der Waals surface area contributed by atoms with E-state index in [0.717, 1.165) is 0 Å². The number of carboxylic acids is 1. The van der Waals surface area contributed by atoms with E-state index < -0.39 is 54.0 Å². The first kappa shape index (κ1) is 29.4. The third-order valence-corrected chi connectivity index (χ3v) is 5.60. The minimum absolute atomic E-state index is 0.0291. The number of rotatable bonds is 15. The molecule has 8 N–H and O–H groups in total. The Bertz CT molecular complexity index is 804. The molecule has 5 atom stereocenters. The van der Waals surface area contributed by atoms with E-state index in [0.29, 0.717) is 11.4 Å². The summed E-state index contributed by atoms with van der Waals surface area (Å²) >= 11 is 1.45. The molecular formula is C21H36N6O6S. The molecule has 192 valence electrons. The van der Waals surface area contributed by atoms with Gasteiger partial charge in [-0.2, -0.15) is 11.8 Å². The summed E-state index contributed by atoms with van der Waals surface area (Å²) in [6.45, 7) is 5.00. The number of aromatic nitrogens is 2. The van der Waals surface area contributed by atoms with Crippen molar-refractivity contribution in [2.24, 2.45) is 11.7 Å². The van der Waals surface area contributed by atoms with Gasteiger partial charge in [-0.3, -0.25) is 14.4 Å². The molecule has 0 saturated heterocycles. The van der Waals surface area contributed by atoms with Gasteiger partial charge < -0.3 is 36.9 Å². The second-order valence-corrected chi connectivity index (χ2v) is 9.47. The van der Waals surface area contributed by atoms with Crippen molar-refractivity contribution < 1.29 is 29.4 Å². The maximum absolute atomic E-state index is 12.9. The second kappa shape index (κ2) is 14.6. The molecule has 12 nitrogen and oxygen atoms in total. The van der Waals surface area contributed by atoms with Crippen molar-refractivity contribution in [2.75, 3.05) is 12.0 Å². The fourth-order valence-corrected chi connectivity index (χ4v) is 3.59. The zero-order valence-electron chi connectivity index (χ0n) is 19.9. The van der Waals surface area contributed by atoms with Crippen LogP contribution in [-0.4, -0.2) is 86.2 Å². The minimum Gasteiger partial charge on any atom is -0.480 e. The number of hydrogen-bond acceptors (Lipinski definition) is 8. The predicted octanol–water partition coefficient (Wildman–Crippen LogP) is -1.00. The number of nitrogens with two attached hydrogens (primary N) is 1. The highest BCUT2D eigenvalue weighted by atomic mass is 32.2. The molecule has 1 aromatic heterocycles. The first-order chi connectivity index (χ1) is 16.0. The summed E-state index contributed by atoms with van der Waals surface area (Å²) in [6.07, 6.45) is 4.12. The van der Waals surface area contributed by atoms with Gasteiger partial charge in [-0.1, -0.05) is 13.8 Å². The molecule has 0 aliphatic rings. The Labute approximate surface area is 203 Å². The molecule has 0 fully saturated rings. The number of carbonyl (C=O) groups is 4. The lowest BCUT2D eigenvalue weighted by atomic mass is 10.0. The summed E-state index contributed by atoms with van der Waals surface area (Å²) in [4.78, 5) is 56.4. The van der Waals surface area contributed by atoms with Crippen molar-refractivity contribution >= 4 is 35.5 Å². The smallest absolute Gasteiger partial charge is 0.326 e. The van der Waals surface area contributed by atoms with Gasteiger partial charge in [0.15, 0.2) is 0 Å². The Morgan fingerprint density at radius 2 is 1.74 bits per heavy atom. The van der Waals surface area contributed by atoms with Crippen molar-refractivity contribution in [3.63, 3.8) is 0 Å². The van der Waals surface area contributed by atoms with Gasteiger partial charge in [0.1, 0.15) is 18.1 Å². The lowest BCUT2D eigenvalue weighted by Gasteiger charge is -2.26. The van der Waals surface area contributed by atoms with Gasteiger partial charge in [0, 0.05) is 18.3 Å². The highest BCUT2D eigenvalue weighted by molar-refractivity contribution is 7.98. The number of thioether (sulfide) groups is 1. The van der Waals surface area contributed by atoms with E-state index in [-0.39, 0.29) is 25.2 Å². The summed E-state index contributed by atoms with van der Waals surface area (Å²) < 4.78 is 0. The largest absolute Gasteiger partial charge is 0.480 e. The summed E-state index contributed by atoms with van der Waals surface area (Å²) in [5.41, 5.74) is 6.53. The van der Waals surface area contributed by atoms with Crippen LogP contribution in [0.4, 0.5) is 0 Å². The number of aliphatic carboxylic acids is 1. The molecule has 13 heteroatoms. The first-order valence-corrected chi connectivity index (χ1v) is 12.4. The fourth-order valence-electron chi connectivity index (χ4n) is 3.12. The number of aliphatic hydroxyl groups excluding tert-OH is 1. The van der Waals surface area contributed by atoms with Crippen molar-refractivity contribution in [1.82, 2.24) is 25.9 Å². The van der Waals surface area contributed by atoms with Gasteiger partial charge in [0.05, 0.1) is 18.5 Å². The van der Waals surface area contributed by atoms with Crippen molar-refractivity contribution in [1.29, 1.82) is 0 Å². The lowest BCUT2D eigenvalue weighted by molar-refractivity contribution is -0.143. The predicted molar refractivity (Wildman–Crippen MR) is 128 cm³/mol. The maximum atomic E-state index is 12.9. The number of hydrogen-bond donors (Lipinski definition) is 7. The molecule has 0 saturated carbocycles. The van der Waals surface area contributed by atoms with Crippen LogP contribution in [0.3, 0.4) is 0 Å². The second-order valence-electron chi connectivity index (χ2n) is 8.49. The molecule has 5 unspecified atom stereocenters. The number of nitrogens with zero attached hydrogens (tertiary/aromatic N) is 1. The normalized spacial score (nSPS) is 15.6. The average Bonchev–Trinajstić information content (AvgIpc) is 3.26. The van der Waals surface area contributed by atoms with Crippen molar-refractivity contribution in [3.05, 3.63) is 18.2 Å². The van der Waals surface area contributed by atoms with E-state index in [4.69, 9.17) is 5.73 Å². The molecule has 1 aromatic rings. The first-order valence-electron chi connectivity index (χ1n) is 11.0. The molecule has 0 bridgehead atoms.